The van der Waals surface area contributed by atoms with E-state index in [4.69, 9.17) is 11.6 Å². The maximum Gasteiger partial charge on any atom is 0.0406 e. The molecule has 1 N–H and O–H groups in total. The third kappa shape index (κ3) is 3.22. The van der Waals surface area contributed by atoms with Crippen molar-refractivity contribution in [2.45, 2.75) is 32.7 Å². The molecule has 1 aromatic carbocycles. The van der Waals surface area contributed by atoms with Gasteiger partial charge in [0.15, 0.2) is 0 Å². The Hall–Kier alpha value is -0.530. The zero-order valence-electron chi connectivity index (χ0n) is 9.76. The third-order valence-electron chi connectivity index (χ3n) is 3.06. The first kappa shape index (κ1) is 12.5. The van der Waals surface area contributed by atoms with Crippen molar-refractivity contribution >= 4 is 11.6 Å². The van der Waals surface area contributed by atoms with Gasteiger partial charge in [-0.3, -0.25) is 0 Å². The maximum atomic E-state index is 5.89. The molecule has 0 amide bonds. The van der Waals surface area contributed by atoms with E-state index in [1.165, 1.54) is 18.4 Å². The van der Waals surface area contributed by atoms with Crippen molar-refractivity contribution in [3.8, 4) is 0 Å². The minimum atomic E-state index is 0.442. The predicted octanol–water partition coefficient (Wildman–Crippen LogP) is 4.04. The molecule has 0 aliphatic rings. The van der Waals surface area contributed by atoms with Crippen molar-refractivity contribution in [2.24, 2.45) is 5.92 Å². The second-order valence-corrected chi connectivity index (χ2v) is 4.33. The van der Waals surface area contributed by atoms with E-state index in [9.17, 15) is 0 Å². The molecular weight excluding hydrogens is 206 g/mol. The molecular formula is C13H20ClN. The number of hydrogen-bond acceptors (Lipinski definition) is 1. The van der Waals surface area contributed by atoms with Crippen molar-refractivity contribution < 1.29 is 0 Å². The smallest absolute Gasteiger partial charge is 0.0406 e. The Balaban J connectivity index is 2.86. The van der Waals surface area contributed by atoms with Crippen LogP contribution in [-0.2, 0) is 0 Å². The summed E-state index contributed by atoms with van der Waals surface area (Å²) < 4.78 is 0. The van der Waals surface area contributed by atoms with Crippen molar-refractivity contribution in [3.63, 3.8) is 0 Å². The van der Waals surface area contributed by atoms with Crippen LogP contribution in [0.15, 0.2) is 24.3 Å². The summed E-state index contributed by atoms with van der Waals surface area (Å²) >= 11 is 5.89. The van der Waals surface area contributed by atoms with Crippen LogP contribution in [0.3, 0.4) is 0 Å². The van der Waals surface area contributed by atoms with Crippen LogP contribution in [-0.4, -0.2) is 7.05 Å². The van der Waals surface area contributed by atoms with Gasteiger partial charge in [-0.15, -0.1) is 0 Å². The van der Waals surface area contributed by atoms with Crippen molar-refractivity contribution in [1.29, 1.82) is 0 Å². The lowest BCUT2D eigenvalue weighted by atomic mass is 9.89. The van der Waals surface area contributed by atoms with Crippen molar-refractivity contribution in [3.05, 3.63) is 34.9 Å². The second kappa shape index (κ2) is 6.14. The molecule has 0 aliphatic carbocycles. The molecule has 0 unspecified atom stereocenters. The first-order valence-electron chi connectivity index (χ1n) is 5.65. The molecule has 0 spiro atoms. The lowest BCUT2D eigenvalue weighted by Crippen LogP contribution is -2.24. The molecule has 0 fully saturated rings. The summed E-state index contributed by atoms with van der Waals surface area (Å²) in [6.45, 7) is 4.49. The van der Waals surface area contributed by atoms with Crippen LogP contribution in [0.4, 0.5) is 0 Å². The minimum absolute atomic E-state index is 0.442. The molecule has 1 atom stereocenters. The minimum Gasteiger partial charge on any atom is -0.313 e. The number of hydrogen-bond donors (Lipinski definition) is 1. The molecule has 84 valence electrons. The highest BCUT2D eigenvalue weighted by atomic mass is 35.5. The predicted molar refractivity (Wildman–Crippen MR) is 67.3 cm³/mol. The summed E-state index contributed by atoms with van der Waals surface area (Å²) in [5.41, 5.74) is 1.33. The third-order valence-corrected chi connectivity index (χ3v) is 3.31. The Kier molecular flexibility index (Phi) is 5.13. The Labute approximate surface area is 97.8 Å². The number of halogens is 1. The first-order valence-corrected chi connectivity index (χ1v) is 6.03. The van der Waals surface area contributed by atoms with Gasteiger partial charge in [0, 0.05) is 11.1 Å². The fourth-order valence-electron chi connectivity index (χ4n) is 2.10. The van der Waals surface area contributed by atoms with E-state index in [1.807, 2.05) is 19.2 Å². The summed E-state index contributed by atoms with van der Waals surface area (Å²) in [5.74, 6) is 0.691. The highest BCUT2D eigenvalue weighted by molar-refractivity contribution is 6.30. The normalized spacial score (nSPS) is 13.1. The molecule has 0 saturated heterocycles. The SMILES string of the molecule is CCC(CC)[C@@H](NC)c1ccc(Cl)cc1. The van der Waals surface area contributed by atoms with Gasteiger partial charge in [0.1, 0.15) is 0 Å². The highest BCUT2D eigenvalue weighted by Crippen LogP contribution is 2.27. The summed E-state index contributed by atoms with van der Waals surface area (Å²) in [6.07, 6.45) is 2.40. The molecule has 0 saturated carbocycles. The summed E-state index contributed by atoms with van der Waals surface area (Å²) in [5, 5.41) is 4.20. The van der Waals surface area contributed by atoms with Gasteiger partial charge < -0.3 is 5.32 Å². The van der Waals surface area contributed by atoms with Crippen LogP contribution in [0.5, 0.6) is 0 Å². The molecule has 15 heavy (non-hydrogen) atoms. The van der Waals surface area contributed by atoms with E-state index in [1.54, 1.807) is 0 Å². The molecule has 0 radical (unpaired) electrons. The average molecular weight is 226 g/mol. The molecule has 0 heterocycles. The van der Waals surface area contributed by atoms with Gasteiger partial charge in [0.25, 0.3) is 0 Å². The van der Waals surface area contributed by atoms with Crippen LogP contribution in [0.25, 0.3) is 0 Å². The van der Waals surface area contributed by atoms with Crippen molar-refractivity contribution in [2.75, 3.05) is 7.05 Å². The van der Waals surface area contributed by atoms with Gasteiger partial charge in [-0.1, -0.05) is 50.4 Å². The van der Waals surface area contributed by atoms with Gasteiger partial charge in [-0.25, -0.2) is 0 Å². The highest BCUT2D eigenvalue weighted by Gasteiger charge is 2.17. The van der Waals surface area contributed by atoms with Crippen LogP contribution in [0.2, 0.25) is 5.02 Å². The molecule has 1 aromatic rings. The molecule has 1 rings (SSSR count). The summed E-state index contributed by atoms with van der Waals surface area (Å²) in [7, 11) is 2.03. The largest absolute Gasteiger partial charge is 0.313 e. The summed E-state index contributed by atoms with van der Waals surface area (Å²) in [6, 6.07) is 8.59. The fourth-order valence-corrected chi connectivity index (χ4v) is 2.23. The quantitative estimate of drug-likeness (QED) is 0.798. The van der Waals surface area contributed by atoms with E-state index in [2.05, 4.69) is 31.3 Å². The van der Waals surface area contributed by atoms with Crippen LogP contribution in [0, 0.1) is 5.92 Å². The van der Waals surface area contributed by atoms with E-state index in [0.717, 1.165) is 5.02 Å². The summed E-state index contributed by atoms with van der Waals surface area (Å²) in [4.78, 5) is 0. The zero-order chi connectivity index (χ0) is 11.3. The van der Waals surface area contributed by atoms with E-state index >= 15 is 0 Å². The van der Waals surface area contributed by atoms with E-state index in [0.29, 0.717) is 12.0 Å². The standard InChI is InChI=1S/C13H20ClN/c1-4-10(5-2)13(15-3)11-6-8-12(14)9-7-11/h6-10,13,15H,4-5H2,1-3H3/t13-/m1/s1. The Morgan fingerprint density at radius 2 is 1.67 bits per heavy atom. The molecule has 0 aromatic heterocycles. The molecule has 1 nitrogen and oxygen atoms in total. The number of benzene rings is 1. The van der Waals surface area contributed by atoms with Crippen LogP contribution < -0.4 is 5.32 Å². The van der Waals surface area contributed by atoms with E-state index in [-0.39, 0.29) is 0 Å². The lowest BCUT2D eigenvalue weighted by molar-refractivity contribution is 0.359. The van der Waals surface area contributed by atoms with Gasteiger partial charge >= 0.3 is 0 Å². The topological polar surface area (TPSA) is 12.0 Å². The second-order valence-electron chi connectivity index (χ2n) is 3.89. The number of rotatable bonds is 5. The van der Waals surface area contributed by atoms with Crippen LogP contribution in [0.1, 0.15) is 38.3 Å². The monoisotopic (exact) mass is 225 g/mol. The van der Waals surface area contributed by atoms with Crippen molar-refractivity contribution in [1.82, 2.24) is 5.32 Å². The van der Waals surface area contributed by atoms with Gasteiger partial charge in [-0.05, 0) is 30.7 Å². The molecule has 0 aliphatic heterocycles. The maximum absolute atomic E-state index is 5.89. The van der Waals surface area contributed by atoms with Gasteiger partial charge in [0.2, 0.25) is 0 Å². The van der Waals surface area contributed by atoms with Gasteiger partial charge in [-0.2, -0.15) is 0 Å². The first-order chi connectivity index (χ1) is 7.22. The number of nitrogens with one attached hydrogen (secondary N) is 1. The van der Waals surface area contributed by atoms with E-state index < -0.39 is 0 Å². The Bertz CT molecular complexity index is 277. The Morgan fingerprint density at radius 3 is 2.07 bits per heavy atom. The average Bonchev–Trinajstić information content (AvgIpc) is 2.27. The molecule has 0 bridgehead atoms. The Morgan fingerprint density at radius 1 is 1.13 bits per heavy atom. The fraction of sp³-hybridized carbons (Fsp3) is 0.538. The molecule has 2 heteroatoms. The van der Waals surface area contributed by atoms with Crippen LogP contribution >= 0.6 is 11.6 Å². The van der Waals surface area contributed by atoms with Gasteiger partial charge in [0.05, 0.1) is 0 Å². The zero-order valence-corrected chi connectivity index (χ0v) is 10.5. The lowest BCUT2D eigenvalue weighted by Gasteiger charge is -2.25.